The van der Waals surface area contributed by atoms with Gasteiger partial charge in [0.25, 0.3) is 0 Å². The number of nitrogens with one attached hydrogen (secondary N) is 1. The topological polar surface area (TPSA) is 65.9 Å². The molecule has 1 N–H and O–H groups in total. The number of aromatic amines is 1. The number of nitrogens with zero attached hydrogens (tertiary/aromatic N) is 1. The van der Waals surface area contributed by atoms with Crippen LogP contribution in [0, 0.1) is 11.3 Å². The van der Waals surface area contributed by atoms with Crippen LogP contribution in [0.25, 0.3) is 6.08 Å². The number of aromatic nitrogens is 1. The van der Waals surface area contributed by atoms with Crippen molar-refractivity contribution >= 4 is 28.0 Å². The molecule has 14 heavy (non-hydrogen) atoms. The summed E-state index contributed by atoms with van der Waals surface area (Å²) in [6, 6.07) is 3.51. The van der Waals surface area contributed by atoms with Crippen molar-refractivity contribution in [1.29, 1.82) is 5.26 Å². The Morgan fingerprint density at radius 2 is 2.50 bits per heavy atom. The van der Waals surface area contributed by atoms with Gasteiger partial charge in [-0.1, -0.05) is 0 Å². The number of H-pyrrole nitrogens is 1. The average Bonchev–Trinajstić information content (AvgIpc) is 2.59. The molecule has 5 heteroatoms. The second kappa shape index (κ2) is 4.63. The number of hydrogen-bond acceptors (Lipinski definition) is 3. The maximum absolute atomic E-state index is 11.0. The van der Waals surface area contributed by atoms with E-state index in [1.807, 2.05) is 0 Å². The molecule has 0 amide bonds. The summed E-state index contributed by atoms with van der Waals surface area (Å²) in [6.45, 7) is 0. The summed E-state index contributed by atoms with van der Waals surface area (Å²) in [5.41, 5.74) is 0.626. The summed E-state index contributed by atoms with van der Waals surface area (Å²) in [6.07, 6.45) is 3.13. The molecule has 1 heterocycles. The number of rotatable bonds is 2. The van der Waals surface area contributed by atoms with E-state index in [0.29, 0.717) is 5.69 Å². The highest BCUT2D eigenvalue weighted by Gasteiger charge is 2.08. The zero-order chi connectivity index (χ0) is 10.6. The SMILES string of the molecule is COC(=O)/C(C#N)=C/c1cc(Br)c[nH]1. The van der Waals surface area contributed by atoms with E-state index in [1.165, 1.54) is 13.2 Å². The number of ether oxygens (including phenoxy) is 1. The molecule has 1 aromatic rings. The maximum Gasteiger partial charge on any atom is 0.348 e. The van der Waals surface area contributed by atoms with Crippen molar-refractivity contribution in [3.63, 3.8) is 0 Å². The van der Waals surface area contributed by atoms with E-state index in [1.54, 1.807) is 18.3 Å². The molecule has 0 unspecified atom stereocenters. The Hall–Kier alpha value is -1.54. The standard InChI is InChI=1S/C9H7BrN2O2/c1-14-9(13)6(4-11)2-8-3-7(10)5-12-8/h2-3,5,12H,1H3/b6-2+. The summed E-state index contributed by atoms with van der Waals surface area (Å²) in [5, 5.41) is 8.65. The van der Waals surface area contributed by atoms with E-state index in [0.717, 1.165) is 4.47 Å². The number of hydrogen-bond donors (Lipinski definition) is 1. The smallest absolute Gasteiger partial charge is 0.348 e. The second-order valence-corrected chi connectivity index (χ2v) is 3.35. The lowest BCUT2D eigenvalue weighted by Gasteiger charge is -1.94. The first-order chi connectivity index (χ1) is 6.67. The number of esters is 1. The van der Waals surface area contributed by atoms with Crippen LogP contribution < -0.4 is 0 Å². The summed E-state index contributed by atoms with van der Waals surface area (Å²) < 4.78 is 5.28. The van der Waals surface area contributed by atoms with Crippen molar-refractivity contribution in [1.82, 2.24) is 4.98 Å². The van der Waals surface area contributed by atoms with E-state index in [2.05, 4.69) is 25.7 Å². The molecule has 0 bridgehead atoms. The molecule has 0 saturated heterocycles. The molecule has 0 saturated carbocycles. The number of nitriles is 1. The first kappa shape index (κ1) is 10.5. The molecule has 0 spiro atoms. The summed E-state index contributed by atoms with van der Waals surface area (Å²) in [7, 11) is 1.23. The molecule has 0 fully saturated rings. The predicted octanol–water partition coefficient (Wildman–Crippen LogP) is 1.86. The van der Waals surface area contributed by atoms with Gasteiger partial charge < -0.3 is 9.72 Å². The van der Waals surface area contributed by atoms with Crippen molar-refractivity contribution in [2.24, 2.45) is 0 Å². The average molecular weight is 255 g/mol. The minimum Gasteiger partial charge on any atom is -0.465 e. The summed E-state index contributed by atoms with van der Waals surface area (Å²) in [4.78, 5) is 13.9. The van der Waals surface area contributed by atoms with Gasteiger partial charge in [-0.15, -0.1) is 0 Å². The molecule has 0 atom stereocenters. The van der Waals surface area contributed by atoms with E-state index < -0.39 is 5.97 Å². The zero-order valence-corrected chi connectivity index (χ0v) is 8.96. The monoisotopic (exact) mass is 254 g/mol. The van der Waals surface area contributed by atoms with Gasteiger partial charge in [0.2, 0.25) is 0 Å². The van der Waals surface area contributed by atoms with Crippen LogP contribution in [0.5, 0.6) is 0 Å². The van der Waals surface area contributed by atoms with E-state index >= 15 is 0 Å². The Morgan fingerprint density at radius 1 is 1.79 bits per heavy atom. The zero-order valence-electron chi connectivity index (χ0n) is 7.37. The van der Waals surface area contributed by atoms with Crippen LogP contribution in [0.1, 0.15) is 5.69 Å². The van der Waals surface area contributed by atoms with Crippen LogP contribution in [0.4, 0.5) is 0 Å². The Bertz CT molecular complexity index is 415. The maximum atomic E-state index is 11.0. The van der Waals surface area contributed by atoms with Crippen LogP contribution >= 0.6 is 15.9 Å². The van der Waals surface area contributed by atoms with Gasteiger partial charge in [0, 0.05) is 16.4 Å². The quantitative estimate of drug-likeness (QED) is 0.498. The fraction of sp³-hybridized carbons (Fsp3) is 0.111. The van der Waals surface area contributed by atoms with E-state index in [9.17, 15) is 4.79 Å². The third kappa shape index (κ3) is 2.47. The van der Waals surface area contributed by atoms with Gasteiger partial charge in [-0.2, -0.15) is 5.26 Å². The van der Waals surface area contributed by atoms with Crippen molar-refractivity contribution < 1.29 is 9.53 Å². The molecule has 0 aliphatic heterocycles. The van der Waals surface area contributed by atoms with Gasteiger partial charge >= 0.3 is 5.97 Å². The molecular formula is C9H7BrN2O2. The highest BCUT2D eigenvalue weighted by Crippen LogP contribution is 2.13. The van der Waals surface area contributed by atoms with Crippen molar-refractivity contribution in [3.05, 3.63) is 28.0 Å². The fourth-order valence-electron chi connectivity index (χ4n) is 0.870. The highest BCUT2D eigenvalue weighted by molar-refractivity contribution is 9.10. The second-order valence-electron chi connectivity index (χ2n) is 2.43. The van der Waals surface area contributed by atoms with Crippen LogP contribution in [-0.4, -0.2) is 18.1 Å². The minimum absolute atomic E-state index is 0.0400. The normalized spacial score (nSPS) is 10.8. The van der Waals surface area contributed by atoms with Crippen molar-refractivity contribution in [2.45, 2.75) is 0 Å². The highest BCUT2D eigenvalue weighted by atomic mass is 79.9. The number of halogens is 1. The van der Waals surface area contributed by atoms with Crippen LogP contribution in [-0.2, 0) is 9.53 Å². The molecular weight excluding hydrogens is 248 g/mol. The lowest BCUT2D eigenvalue weighted by molar-refractivity contribution is -0.135. The molecule has 0 radical (unpaired) electrons. The Balaban J connectivity index is 2.96. The van der Waals surface area contributed by atoms with Gasteiger partial charge in [0.05, 0.1) is 7.11 Å². The predicted molar refractivity (Wildman–Crippen MR) is 54.1 cm³/mol. The molecule has 0 aromatic carbocycles. The number of methoxy groups -OCH3 is 1. The molecule has 0 aliphatic rings. The Kier molecular flexibility index (Phi) is 3.48. The van der Waals surface area contributed by atoms with Crippen molar-refractivity contribution in [3.8, 4) is 6.07 Å². The van der Waals surface area contributed by atoms with Crippen LogP contribution in [0.2, 0.25) is 0 Å². The lowest BCUT2D eigenvalue weighted by atomic mass is 10.2. The summed E-state index contributed by atoms with van der Waals surface area (Å²) in [5.74, 6) is -0.641. The Labute approximate surface area is 89.3 Å². The van der Waals surface area contributed by atoms with Gasteiger partial charge in [0.15, 0.2) is 0 Å². The summed E-state index contributed by atoms with van der Waals surface area (Å²) >= 11 is 3.24. The first-order valence-corrected chi connectivity index (χ1v) is 4.50. The third-order valence-corrected chi connectivity index (χ3v) is 1.95. The third-order valence-electron chi connectivity index (χ3n) is 1.50. The van der Waals surface area contributed by atoms with Crippen LogP contribution in [0.3, 0.4) is 0 Å². The molecule has 1 aromatic heterocycles. The minimum atomic E-state index is -0.641. The molecule has 4 nitrogen and oxygen atoms in total. The largest absolute Gasteiger partial charge is 0.465 e. The van der Waals surface area contributed by atoms with Gasteiger partial charge in [-0.25, -0.2) is 4.79 Å². The van der Waals surface area contributed by atoms with Gasteiger partial charge in [-0.05, 0) is 28.1 Å². The van der Waals surface area contributed by atoms with E-state index in [4.69, 9.17) is 5.26 Å². The van der Waals surface area contributed by atoms with Crippen LogP contribution in [0.15, 0.2) is 22.3 Å². The molecule has 0 aliphatic carbocycles. The van der Waals surface area contributed by atoms with Gasteiger partial charge in [-0.3, -0.25) is 0 Å². The van der Waals surface area contributed by atoms with Crippen molar-refractivity contribution in [2.75, 3.05) is 7.11 Å². The molecule has 1 rings (SSSR count). The number of carbonyl (C=O) groups is 1. The van der Waals surface area contributed by atoms with Gasteiger partial charge in [0.1, 0.15) is 11.6 Å². The number of carbonyl (C=O) groups excluding carboxylic acids is 1. The lowest BCUT2D eigenvalue weighted by Crippen LogP contribution is -2.02. The molecule has 72 valence electrons. The Morgan fingerprint density at radius 3 is 2.93 bits per heavy atom. The van der Waals surface area contributed by atoms with E-state index in [-0.39, 0.29) is 5.57 Å². The fourth-order valence-corrected chi connectivity index (χ4v) is 1.23. The first-order valence-electron chi connectivity index (χ1n) is 3.71.